The van der Waals surface area contributed by atoms with Crippen molar-refractivity contribution in [3.05, 3.63) is 166 Å². The third-order valence-electron chi connectivity index (χ3n) is 7.55. The topological polar surface area (TPSA) is 35.2 Å². The average Bonchev–Trinajstić information content (AvgIpc) is 3.19. The van der Waals surface area contributed by atoms with Crippen molar-refractivity contribution in [3.8, 4) is 22.4 Å². The molecule has 0 bridgehead atoms. The smallest absolute Gasteiger partial charge is 0.811 e. The first-order valence-electron chi connectivity index (χ1n) is 23.4. The van der Waals surface area contributed by atoms with Crippen LogP contribution in [0.3, 0.4) is 0 Å². The van der Waals surface area contributed by atoms with Gasteiger partial charge in [0.05, 0.1) is 2.74 Å². The molecule has 0 saturated heterocycles. The number of hydrogen-bond donors (Lipinski definition) is 0. The molecule has 0 unspecified atom stereocenters. The number of aromatic nitrogens is 1. The van der Waals surface area contributed by atoms with E-state index in [1.807, 2.05) is 61.5 Å². The zero-order chi connectivity index (χ0) is 48.4. The molecular weight excluding hydrogens is 833 g/mol. The van der Waals surface area contributed by atoms with E-state index in [2.05, 4.69) is 17.1 Å². The Morgan fingerprint density at radius 2 is 1.44 bits per heavy atom. The van der Waals surface area contributed by atoms with Gasteiger partial charge < -0.3 is 10.4 Å². The summed E-state index contributed by atoms with van der Waals surface area (Å²) < 4.78 is 93.3. The molecule has 0 amide bonds. The van der Waals surface area contributed by atoms with E-state index in [9.17, 15) is 5.41 Å². The first-order valence-corrected chi connectivity index (χ1v) is 17.9. The van der Waals surface area contributed by atoms with Crippen LogP contribution in [0, 0.1) is 35.2 Å². The molecule has 0 aliphatic carbocycles. The molecule has 0 radical (unpaired) electrons. The molecule has 282 valence electrons. The number of benzene rings is 4. The summed E-state index contributed by atoms with van der Waals surface area (Å²) in [6.45, 7) is 15.7. The second-order valence-corrected chi connectivity index (χ2v) is 16.1. The maximum absolute atomic E-state index is 9.33. The largest absolute Gasteiger partial charge is 3.00 e. The van der Waals surface area contributed by atoms with E-state index < -0.39 is 42.2 Å². The number of pyridine rings is 1. The van der Waals surface area contributed by atoms with Gasteiger partial charge in [-0.2, -0.15) is 6.21 Å². The van der Waals surface area contributed by atoms with Gasteiger partial charge in [-0.25, -0.2) is 0 Å². The second kappa shape index (κ2) is 19.4. The molecular formula is C51H59IrN2. The predicted octanol–water partition coefficient (Wildman–Crippen LogP) is 13.9. The Bertz CT molecular complexity index is 2480. The van der Waals surface area contributed by atoms with Crippen LogP contribution in [-0.2, 0) is 39.2 Å². The molecule has 1 heterocycles. The Morgan fingerprint density at radius 3 is 2.02 bits per heavy atom. The molecule has 0 saturated carbocycles. The molecule has 4 aromatic carbocycles. The molecule has 0 aliphatic heterocycles. The second-order valence-electron chi connectivity index (χ2n) is 16.1. The SMILES string of the molecule is [2H]C([2H])([2H])c1c[c-]c(-c2cc(C([2H])([2H])C(C)(C)C)c(C([2H])([2H])C(C)(C)C)cn2)cc1-c1ccccc1.[2H]c1cc(C([2H])([2H])C(C)(C)C)cc([2H])c1C(/C=C(\C)c1[c-]cccc1)=C/C=[N-].[Ir+3]. The maximum atomic E-state index is 9.33. The van der Waals surface area contributed by atoms with E-state index in [4.69, 9.17) is 15.1 Å². The number of rotatable bonds is 9. The summed E-state index contributed by atoms with van der Waals surface area (Å²) in [6, 6.07) is 30.7. The first kappa shape index (κ1) is 30.1. The van der Waals surface area contributed by atoms with Crippen LogP contribution in [-0.4, -0.2) is 11.2 Å². The van der Waals surface area contributed by atoms with Crippen LogP contribution in [0.25, 0.3) is 38.9 Å². The number of allylic oxidation sites excluding steroid dienone is 4. The van der Waals surface area contributed by atoms with Gasteiger partial charge in [0.2, 0.25) is 0 Å². The summed E-state index contributed by atoms with van der Waals surface area (Å²) in [5.41, 5.74) is 3.41. The summed E-state index contributed by atoms with van der Waals surface area (Å²) in [5, 5.41) is 9.33. The fraction of sp³-hybridized carbons (Fsp3) is 0.333. The van der Waals surface area contributed by atoms with Crippen LogP contribution >= 0.6 is 0 Å². The van der Waals surface area contributed by atoms with Crippen molar-refractivity contribution in [2.45, 2.75) is 95.2 Å². The molecule has 5 aromatic rings. The average molecular weight is 903 g/mol. The van der Waals surface area contributed by atoms with Gasteiger partial charge in [-0.3, -0.25) is 0 Å². The molecule has 0 fully saturated rings. The molecule has 0 atom stereocenters. The van der Waals surface area contributed by atoms with Crippen LogP contribution in [0.1, 0.15) is 118 Å². The third-order valence-corrected chi connectivity index (χ3v) is 7.55. The predicted molar refractivity (Wildman–Crippen MR) is 231 cm³/mol. The molecule has 5 rings (SSSR count). The number of aryl methyl sites for hydroxylation is 1. The van der Waals surface area contributed by atoms with Crippen LogP contribution < -0.4 is 0 Å². The quantitative estimate of drug-likeness (QED) is 0.0825. The summed E-state index contributed by atoms with van der Waals surface area (Å²) in [4.78, 5) is 4.53. The van der Waals surface area contributed by atoms with Gasteiger partial charge in [0.15, 0.2) is 0 Å². The van der Waals surface area contributed by atoms with Crippen LogP contribution in [0.5, 0.6) is 0 Å². The fourth-order valence-electron chi connectivity index (χ4n) is 5.40. The molecule has 2 nitrogen and oxygen atoms in total. The first-order chi connectivity index (χ1) is 29.3. The van der Waals surface area contributed by atoms with E-state index in [0.29, 0.717) is 33.5 Å². The van der Waals surface area contributed by atoms with E-state index in [0.717, 1.165) is 22.9 Å². The van der Waals surface area contributed by atoms with Crippen LogP contribution in [0.4, 0.5) is 0 Å². The molecule has 0 aliphatic rings. The summed E-state index contributed by atoms with van der Waals surface area (Å²) in [6.07, 6.45) is 0.130. The van der Waals surface area contributed by atoms with Crippen molar-refractivity contribution in [3.63, 3.8) is 0 Å². The fourth-order valence-corrected chi connectivity index (χ4v) is 5.40. The summed E-state index contributed by atoms with van der Waals surface area (Å²) in [7, 11) is 0. The minimum Gasteiger partial charge on any atom is -0.811 e. The van der Waals surface area contributed by atoms with Crippen molar-refractivity contribution in [1.82, 2.24) is 4.98 Å². The molecule has 54 heavy (non-hydrogen) atoms. The zero-order valence-electron chi connectivity index (χ0n) is 44.1. The Balaban J connectivity index is 0.000000351. The van der Waals surface area contributed by atoms with E-state index >= 15 is 0 Å². The monoisotopic (exact) mass is 903 g/mol. The third kappa shape index (κ3) is 14.2. The van der Waals surface area contributed by atoms with Crippen molar-refractivity contribution in [1.29, 1.82) is 0 Å². The Hall–Kier alpha value is -4.17. The van der Waals surface area contributed by atoms with Crippen molar-refractivity contribution in [2.75, 3.05) is 0 Å². The standard InChI is InChI=1S/C28H34N.C23H25N.Ir/c1-20-13-14-22(15-25(20)21-11-9-8-10-12-21)26-16-23(17-27(2,3)4)24(19-29-26)18-28(5,6)7;1-18(20-8-6-5-7-9-20)16-22(14-15-24)21-12-10-19(11-13-21)17-23(2,3)4;/h8-13,15-16,19H,17-18H2,1-7H3;5-8,10-16H,17H2,1-4H3;/q-1;-2;+3/b;18-16+,22-14+;/i1D3,17D2,18D2;12D,13D,17D2;. The molecule has 3 heteroatoms. The Labute approximate surface area is 356 Å². The van der Waals surface area contributed by atoms with Gasteiger partial charge in [0.1, 0.15) is 0 Å². The molecule has 1 aromatic heterocycles. The van der Waals surface area contributed by atoms with Crippen LogP contribution in [0.15, 0.2) is 115 Å². The van der Waals surface area contributed by atoms with Crippen molar-refractivity contribution >= 4 is 17.4 Å². The van der Waals surface area contributed by atoms with Crippen LogP contribution in [0.2, 0.25) is 0 Å². The van der Waals surface area contributed by atoms with Gasteiger partial charge in [-0.1, -0.05) is 154 Å². The van der Waals surface area contributed by atoms with Gasteiger partial charge in [-0.15, -0.1) is 70.8 Å². The van der Waals surface area contributed by atoms with Gasteiger partial charge in [0.25, 0.3) is 0 Å². The Morgan fingerprint density at radius 1 is 0.815 bits per heavy atom. The summed E-state index contributed by atoms with van der Waals surface area (Å²) >= 11 is 0. The Kier molecular flexibility index (Phi) is 10.8. The van der Waals surface area contributed by atoms with Crippen molar-refractivity contribution < 1.29 is 35.2 Å². The van der Waals surface area contributed by atoms with E-state index in [1.54, 1.807) is 80.5 Å². The number of nitrogens with zero attached hydrogens (tertiary/aromatic N) is 2. The van der Waals surface area contributed by atoms with Crippen molar-refractivity contribution in [2.24, 2.45) is 16.2 Å². The number of hydrogen-bond acceptors (Lipinski definition) is 1. The van der Waals surface area contributed by atoms with E-state index in [1.165, 1.54) is 30.5 Å². The minimum absolute atomic E-state index is 0. The maximum Gasteiger partial charge on any atom is 3.00 e. The minimum atomic E-state index is -2.34. The molecule has 0 N–H and O–H groups in total. The summed E-state index contributed by atoms with van der Waals surface area (Å²) in [5.74, 6) is 0. The molecule has 0 spiro atoms. The normalized spacial score (nSPS) is 16.4. The zero-order valence-corrected chi connectivity index (χ0v) is 35.5. The van der Waals surface area contributed by atoms with E-state index in [-0.39, 0.29) is 48.9 Å². The van der Waals surface area contributed by atoms with Gasteiger partial charge in [0, 0.05) is 18.5 Å². The van der Waals surface area contributed by atoms with Gasteiger partial charge in [-0.05, 0) is 74.4 Å². The van der Waals surface area contributed by atoms with Gasteiger partial charge >= 0.3 is 20.1 Å².